The van der Waals surface area contributed by atoms with Crippen molar-refractivity contribution in [3.63, 3.8) is 0 Å². The molecule has 7 nitrogen and oxygen atoms in total. The maximum absolute atomic E-state index is 12.6. The van der Waals surface area contributed by atoms with E-state index in [2.05, 4.69) is 56.5 Å². The average Bonchev–Trinajstić information content (AvgIpc) is 3.58. The number of aromatic nitrogens is 1. The van der Waals surface area contributed by atoms with Crippen molar-refractivity contribution < 1.29 is 9.32 Å². The Balaban J connectivity index is 1.11. The lowest BCUT2D eigenvalue weighted by Crippen LogP contribution is -2.48. The van der Waals surface area contributed by atoms with Gasteiger partial charge in [0.25, 0.3) is 0 Å². The maximum atomic E-state index is 12.6. The van der Waals surface area contributed by atoms with Gasteiger partial charge in [-0.15, -0.1) is 0 Å². The molecule has 194 valence electrons. The molecule has 37 heavy (non-hydrogen) atoms. The molecule has 1 N–H and O–H groups in total. The number of piperazine rings is 1. The van der Waals surface area contributed by atoms with Crippen molar-refractivity contribution in [2.75, 3.05) is 54.9 Å². The Morgan fingerprint density at radius 2 is 1.89 bits per heavy atom. The first-order valence-electron chi connectivity index (χ1n) is 13.2. The van der Waals surface area contributed by atoms with Crippen molar-refractivity contribution in [1.82, 2.24) is 10.1 Å². The zero-order chi connectivity index (χ0) is 25.7. The third kappa shape index (κ3) is 4.71. The second kappa shape index (κ2) is 9.69. The molecule has 1 saturated carbocycles. The van der Waals surface area contributed by atoms with Gasteiger partial charge in [-0.1, -0.05) is 35.0 Å². The lowest BCUT2D eigenvalue weighted by molar-refractivity contribution is -0.115. The van der Waals surface area contributed by atoms with Gasteiger partial charge < -0.3 is 19.6 Å². The first kappa shape index (κ1) is 24.3. The number of nitrogens with one attached hydrogen (secondary N) is 1. The Morgan fingerprint density at radius 3 is 2.62 bits per heavy atom. The van der Waals surface area contributed by atoms with Crippen LogP contribution in [0.1, 0.15) is 35.0 Å². The first-order valence-corrected chi connectivity index (χ1v) is 13.6. The molecule has 3 unspecified atom stereocenters. The fourth-order valence-corrected chi connectivity index (χ4v) is 6.60. The fraction of sp³-hybridized carbons (Fsp3) is 0.448. The standard InChI is InChI=1S/C29H34ClN5O2/c1-18-23(19(2)37-32-18)16-28(36)31-21-8-9-27(25(30)15-21)34-10-12-35(13-11-34)29-22-6-4-5-7-26(22)33(3)17-20-14-24(20)29/h4-9,15,20,24,29H,10-14,16-17H2,1-3H3,(H,31,36). The predicted octanol–water partition coefficient (Wildman–Crippen LogP) is 5.08. The number of aryl methyl sites for hydroxylation is 2. The SMILES string of the molecule is Cc1noc(C)c1CC(=O)Nc1ccc(N2CCN(C3c4ccccc4N(C)CC4CC43)CC2)c(Cl)c1. The summed E-state index contributed by atoms with van der Waals surface area (Å²) < 4.78 is 5.17. The molecule has 1 saturated heterocycles. The summed E-state index contributed by atoms with van der Waals surface area (Å²) in [6.07, 6.45) is 1.56. The van der Waals surface area contributed by atoms with Gasteiger partial charge in [0.1, 0.15) is 5.76 Å². The number of anilines is 3. The molecule has 2 aromatic carbocycles. The van der Waals surface area contributed by atoms with Crippen LogP contribution in [0.25, 0.3) is 0 Å². The largest absolute Gasteiger partial charge is 0.374 e. The lowest BCUT2D eigenvalue weighted by atomic mass is 9.97. The van der Waals surface area contributed by atoms with Gasteiger partial charge in [-0.25, -0.2) is 0 Å². The van der Waals surface area contributed by atoms with Gasteiger partial charge in [0.05, 0.1) is 22.8 Å². The maximum Gasteiger partial charge on any atom is 0.229 e. The summed E-state index contributed by atoms with van der Waals surface area (Å²) in [5.41, 5.74) is 6.17. The van der Waals surface area contributed by atoms with Crippen molar-refractivity contribution >= 4 is 34.6 Å². The highest BCUT2D eigenvalue weighted by atomic mass is 35.5. The van der Waals surface area contributed by atoms with Crippen LogP contribution in [-0.4, -0.2) is 55.7 Å². The molecule has 6 rings (SSSR count). The number of halogens is 1. The minimum atomic E-state index is -0.112. The van der Waals surface area contributed by atoms with Crippen LogP contribution >= 0.6 is 11.6 Å². The van der Waals surface area contributed by atoms with Gasteiger partial charge in [0.15, 0.2) is 0 Å². The van der Waals surface area contributed by atoms with E-state index in [1.54, 1.807) is 0 Å². The number of amides is 1. The molecule has 2 aliphatic heterocycles. The number of nitrogens with zero attached hydrogens (tertiary/aromatic N) is 4. The third-order valence-corrected chi connectivity index (χ3v) is 8.66. The number of carbonyl (C=O) groups excluding carboxylic acids is 1. The molecule has 1 aliphatic carbocycles. The summed E-state index contributed by atoms with van der Waals surface area (Å²) in [5.74, 6) is 2.13. The Morgan fingerprint density at radius 1 is 1.11 bits per heavy atom. The van der Waals surface area contributed by atoms with Crippen LogP contribution in [0.3, 0.4) is 0 Å². The number of fused-ring (bicyclic) bond motifs is 2. The lowest BCUT2D eigenvalue weighted by Gasteiger charge is -2.41. The third-order valence-electron chi connectivity index (χ3n) is 8.36. The average molecular weight is 520 g/mol. The summed E-state index contributed by atoms with van der Waals surface area (Å²) in [4.78, 5) is 20.1. The summed E-state index contributed by atoms with van der Waals surface area (Å²) in [5, 5.41) is 7.55. The van der Waals surface area contributed by atoms with Gasteiger partial charge in [-0.05, 0) is 61.9 Å². The van der Waals surface area contributed by atoms with Gasteiger partial charge >= 0.3 is 0 Å². The summed E-state index contributed by atoms with van der Waals surface area (Å²) in [6.45, 7) is 8.72. The normalized spacial score (nSPS) is 23.3. The Kier molecular flexibility index (Phi) is 6.37. The van der Waals surface area contributed by atoms with Gasteiger partial charge in [0.2, 0.25) is 5.91 Å². The van der Waals surface area contributed by atoms with Crippen LogP contribution < -0.4 is 15.1 Å². The summed E-state index contributed by atoms with van der Waals surface area (Å²) >= 11 is 6.72. The van der Waals surface area contributed by atoms with E-state index < -0.39 is 0 Å². The monoisotopic (exact) mass is 519 g/mol. The molecule has 3 aromatic rings. The number of hydrogen-bond acceptors (Lipinski definition) is 6. The highest BCUT2D eigenvalue weighted by Gasteiger charge is 2.49. The van der Waals surface area contributed by atoms with Gasteiger partial charge in [-0.3, -0.25) is 9.69 Å². The topological polar surface area (TPSA) is 64.9 Å². The van der Waals surface area contributed by atoms with Crippen molar-refractivity contribution in [2.24, 2.45) is 11.8 Å². The molecule has 3 aliphatic rings. The van der Waals surface area contributed by atoms with E-state index in [-0.39, 0.29) is 12.3 Å². The van der Waals surface area contributed by atoms with Crippen LogP contribution in [0, 0.1) is 25.7 Å². The minimum absolute atomic E-state index is 0.112. The van der Waals surface area contributed by atoms with Gasteiger partial charge in [0, 0.05) is 62.8 Å². The van der Waals surface area contributed by atoms with E-state index >= 15 is 0 Å². The molecule has 0 radical (unpaired) electrons. The second-order valence-corrected chi connectivity index (χ2v) is 11.2. The summed E-state index contributed by atoms with van der Waals surface area (Å²) in [7, 11) is 2.24. The Labute approximate surface area is 223 Å². The molecule has 8 heteroatoms. The molecule has 3 heterocycles. The van der Waals surface area contributed by atoms with E-state index in [0.717, 1.165) is 61.5 Å². The van der Waals surface area contributed by atoms with Crippen LogP contribution in [0.15, 0.2) is 47.0 Å². The molecule has 1 amide bonds. The van der Waals surface area contributed by atoms with Crippen molar-refractivity contribution in [2.45, 2.75) is 32.7 Å². The highest BCUT2D eigenvalue weighted by molar-refractivity contribution is 6.33. The fourth-order valence-electron chi connectivity index (χ4n) is 6.30. The van der Waals surface area contributed by atoms with Crippen molar-refractivity contribution in [3.8, 4) is 0 Å². The summed E-state index contributed by atoms with van der Waals surface area (Å²) in [6, 6.07) is 15.3. The predicted molar refractivity (Wildman–Crippen MR) is 148 cm³/mol. The molecule has 0 spiro atoms. The Bertz CT molecular complexity index is 1300. The smallest absolute Gasteiger partial charge is 0.229 e. The number of rotatable bonds is 5. The van der Waals surface area contributed by atoms with Crippen LogP contribution in [0.5, 0.6) is 0 Å². The van der Waals surface area contributed by atoms with Crippen LogP contribution in [0.2, 0.25) is 5.02 Å². The number of hydrogen-bond donors (Lipinski definition) is 1. The highest BCUT2D eigenvalue weighted by Crippen LogP contribution is 2.54. The van der Waals surface area contributed by atoms with Gasteiger partial charge in [-0.2, -0.15) is 0 Å². The van der Waals surface area contributed by atoms with E-state index in [4.69, 9.17) is 16.1 Å². The van der Waals surface area contributed by atoms with E-state index in [9.17, 15) is 4.79 Å². The molecule has 1 aromatic heterocycles. The quantitative estimate of drug-likeness (QED) is 0.507. The number of para-hydroxylation sites is 1. The molecule has 3 atom stereocenters. The minimum Gasteiger partial charge on any atom is -0.374 e. The second-order valence-electron chi connectivity index (χ2n) is 10.8. The van der Waals surface area contributed by atoms with E-state index in [0.29, 0.717) is 22.5 Å². The number of carbonyl (C=O) groups is 1. The first-order chi connectivity index (χ1) is 17.9. The zero-order valence-electron chi connectivity index (χ0n) is 21.7. The van der Waals surface area contributed by atoms with Crippen molar-refractivity contribution in [3.05, 3.63) is 70.1 Å². The van der Waals surface area contributed by atoms with E-state index in [1.165, 1.54) is 17.7 Å². The van der Waals surface area contributed by atoms with Crippen LogP contribution in [-0.2, 0) is 11.2 Å². The molecule has 0 bridgehead atoms. The van der Waals surface area contributed by atoms with E-state index in [1.807, 2.05) is 32.0 Å². The molecular weight excluding hydrogens is 486 g/mol. The van der Waals surface area contributed by atoms with Crippen molar-refractivity contribution in [1.29, 1.82) is 0 Å². The van der Waals surface area contributed by atoms with Crippen LogP contribution in [0.4, 0.5) is 17.1 Å². The zero-order valence-corrected chi connectivity index (χ0v) is 22.5. The number of benzene rings is 2. The molecular formula is C29H34ClN5O2. The molecule has 2 fully saturated rings. The Hall–Kier alpha value is -3.03.